The van der Waals surface area contributed by atoms with E-state index in [-0.39, 0.29) is 23.6 Å². The molecular weight excluding hydrogens is 1810 g/mol. The number of carbonyl (C=O) groups is 4. The molecule has 16 aromatic heterocycles. The molecular formula is C110H89N29O5. The Labute approximate surface area is 818 Å². The van der Waals surface area contributed by atoms with Crippen LogP contribution in [0.5, 0.6) is 0 Å². The number of benzene rings is 8. The van der Waals surface area contributed by atoms with Gasteiger partial charge in [0, 0.05) is 206 Å². The van der Waals surface area contributed by atoms with E-state index in [1.807, 2.05) is 221 Å². The zero-order chi connectivity index (χ0) is 96.4. The molecule has 8 N–H and O–H groups in total. The first-order chi connectivity index (χ1) is 70.9. The monoisotopic (exact) mass is 1900 g/mol. The van der Waals surface area contributed by atoms with Gasteiger partial charge in [-0.05, 0) is 133 Å². The van der Waals surface area contributed by atoms with Gasteiger partial charge in [-0.15, -0.1) is 0 Å². The van der Waals surface area contributed by atoms with Crippen LogP contribution in [0.1, 0.15) is 73.5 Å². The Kier molecular flexibility index (Phi) is 22.4. The molecule has 34 heteroatoms. The molecule has 28 rings (SSSR count). The lowest BCUT2D eigenvalue weighted by Crippen LogP contribution is -2.47. The molecule has 24 aromatic rings. The maximum Gasteiger partial charge on any atom is 0.256 e. The summed E-state index contributed by atoms with van der Waals surface area (Å²) in [6.45, 7) is 8.63. The Morgan fingerprint density at radius 2 is 0.535 bits per heavy atom. The number of pyridine rings is 8. The van der Waals surface area contributed by atoms with Crippen molar-refractivity contribution in [2.24, 2.45) is 0 Å². The van der Waals surface area contributed by atoms with Crippen molar-refractivity contribution >= 4 is 155 Å². The van der Waals surface area contributed by atoms with Crippen LogP contribution in [0.2, 0.25) is 0 Å². The molecule has 4 saturated heterocycles. The number of imidazole rings is 4. The van der Waals surface area contributed by atoms with Crippen molar-refractivity contribution in [3.05, 3.63) is 291 Å². The Hall–Kier alpha value is -18.4. The minimum absolute atomic E-state index is 0.0126. The highest BCUT2D eigenvalue weighted by Gasteiger charge is 2.31. The number of hydrogen-bond acceptors (Lipinski definition) is 22. The van der Waals surface area contributed by atoms with Crippen molar-refractivity contribution in [3.63, 3.8) is 0 Å². The minimum atomic E-state index is -0.0381. The summed E-state index contributed by atoms with van der Waals surface area (Å²) < 4.78 is 5.40. The number of morpholine rings is 1. The fraction of sp³-hybridized carbons (Fsp3) is 0.164. The minimum Gasteiger partial charge on any atom is -0.378 e. The summed E-state index contributed by atoms with van der Waals surface area (Å²) in [5, 5.41) is 42.1. The molecule has 0 aliphatic carbocycles. The number of ether oxygens (including phenoxy) is 1. The van der Waals surface area contributed by atoms with E-state index in [1.54, 1.807) is 0 Å². The average molecular weight is 1900 g/mol. The third kappa shape index (κ3) is 16.2. The number of piperazine rings is 1. The van der Waals surface area contributed by atoms with Gasteiger partial charge < -0.3 is 49.2 Å². The molecule has 4 fully saturated rings. The van der Waals surface area contributed by atoms with Crippen LogP contribution in [0, 0.1) is 0 Å². The predicted molar refractivity (Wildman–Crippen MR) is 554 cm³/mol. The maximum absolute atomic E-state index is 13.4. The number of hydrogen-bond donors (Lipinski definition) is 8. The molecule has 704 valence electrons. The van der Waals surface area contributed by atoms with Gasteiger partial charge in [0.25, 0.3) is 23.6 Å². The van der Waals surface area contributed by atoms with Crippen LogP contribution in [-0.4, -0.2) is 254 Å². The molecule has 0 unspecified atom stereocenters. The molecule has 0 radical (unpaired) electrons. The molecule has 4 aliphatic heterocycles. The van der Waals surface area contributed by atoms with Crippen LogP contribution < -0.4 is 0 Å². The summed E-state index contributed by atoms with van der Waals surface area (Å²) in [6.07, 6.45) is 27.6. The molecule has 4 aliphatic rings. The third-order valence-electron chi connectivity index (χ3n) is 27.6. The highest BCUT2D eigenvalue weighted by atomic mass is 16.5. The molecule has 34 nitrogen and oxygen atoms in total. The first-order valence-electron chi connectivity index (χ1n) is 48.0. The fourth-order valence-electron chi connectivity index (χ4n) is 20.1. The quantitative estimate of drug-likeness (QED) is 0.0563. The van der Waals surface area contributed by atoms with Crippen LogP contribution in [0.3, 0.4) is 0 Å². The number of amides is 4. The van der Waals surface area contributed by atoms with Crippen LogP contribution >= 0.6 is 0 Å². The number of aromatic nitrogens is 24. The van der Waals surface area contributed by atoms with E-state index in [0.29, 0.717) is 135 Å². The molecule has 0 saturated carbocycles. The normalized spacial score (nSPS) is 14.2. The van der Waals surface area contributed by atoms with Crippen LogP contribution in [0.25, 0.3) is 222 Å². The first-order valence-corrected chi connectivity index (χ1v) is 48.0. The second-order valence-corrected chi connectivity index (χ2v) is 36.4. The van der Waals surface area contributed by atoms with Gasteiger partial charge in [0.2, 0.25) is 0 Å². The van der Waals surface area contributed by atoms with E-state index < -0.39 is 0 Å². The van der Waals surface area contributed by atoms with Crippen LogP contribution in [-0.2, 0) is 4.74 Å². The van der Waals surface area contributed by atoms with Crippen molar-refractivity contribution in [1.82, 2.24) is 145 Å². The Morgan fingerprint density at radius 1 is 0.271 bits per heavy atom. The molecule has 0 atom stereocenters. The van der Waals surface area contributed by atoms with Gasteiger partial charge in [-0.25, -0.2) is 39.9 Å². The molecule has 0 spiro atoms. The molecule has 4 amide bonds. The summed E-state index contributed by atoms with van der Waals surface area (Å²) in [5.74, 6) is 2.52. The number of para-hydroxylation sites is 4. The van der Waals surface area contributed by atoms with Gasteiger partial charge in [-0.2, -0.15) is 20.4 Å². The fourth-order valence-corrected chi connectivity index (χ4v) is 20.1. The number of nitrogens with zero attached hydrogens (tertiary/aromatic N) is 21. The third-order valence-corrected chi connectivity index (χ3v) is 27.6. The largest absolute Gasteiger partial charge is 0.378 e. The van der Waals surface area contributed by atoms with E-state index >= 15 is 0 Å². The lowest BCUT2D eigenvalue weighted by molar-refractivity contribution is 0.0304. The van der Waals surface area contributed by atoms with Crippen LogP contribution in [0.4, 0.5) is 0 Å². The average Bonchev–Trinajstić information content (AvgIpc) is 1.60. The highest BCUT2D eigenvalue weighted by Crippen LogP contribution is 2.41. The SMILES string of the molecule is CN1CCN(C(=O)c2cccc3[nH]c(-c4[nH]nc5ncc(-c6cncc7ccccc67)cc45)nc23)CC1.O=C(c1cccc2[nH]c(-c3[nH]nc4ncc(-c5cncc6ccccc56)cc34)nc12)N1CCCC1.O=C(c1cccc2[nH]c(-c3[nH]nc4ncc(-c5cncc6ccccc56)cc34)nc12)N1CCCCC1.O=C(c1cccc2[nH]c(-c3[nH]nc4ncc(-c5cncc6ccccc56)cc34)nc12)N1CCOCC1. The zero-order valence-electron chi connectivity index (χ0n) is 77.9. The Morgan fingerprint density at radius 3 is 0.826 bits per heavy atom. The maximum atomic E-state index is 13.4. The topological polar surface area (TPSA) is 426 Å². The van der Waals surface area contributed by atoms with E-state index in [1.165, 1.54) is 6.42 Å². The predicted octanol–water partition coefficient (Wildman–Crippen LogP) is 18.6. The first kappa shape index (κ1) is 87.1. The van der Waals surface area contributed by atoms with Gasteiger partial charge in [-0.3, -0.25) is 59.5 Å². The Balaban J connectivity index is 0.000000101. The van der Waals surface area contributed by atoms with E-state index in [0.717, 1.165) is 213 Å². The second kappa shape index (κ2) is 37.0. The van der Waals surface area contributed by atoms with Crippen molar-refractivity contribution in [2.45, 2.75) is 32.1 Å². The molecule has 20 heterocycles. The number of fused-ring (bicyclic) bond motifs is 12. The highest BCUT2D eigenvalue weighted by molar-refractivity contribution is 6.12. The van der Waals surface area contributed by atoms with Gasteiger partial charge in [0.1, 0.15) is 44.8 Å². The molecule has 144 heavy (non-hydrogen) atoms. The van der Waals surface area contributed by atoms with Crippen molar-refractivity contribution < 1.29 is 23.9 Å². The second-order valence-electron chi connectivity index (χ2n) is 36.4. The summed E-state index contributed by atoms with van der Waals surface area (Å²) in [6, 6.07) is 63.6. The van der Waals surface area contributed by atoms with Crippen LogP contribution in [0.15, 0.2) is 268 Å². The van der Waals surface area contributed by atoms with Crippen molar-refractivity contribution in [1.29, 1.82) is 0 Å². The lowest BCUT2D eigenvalue weighted by Gasteiger charge is -2.32. The van der Waals surface area contributed by atoms with Gasteiger partial charge >= 0.3 is 0 Å². The lowest BCUT2D eigenvalue weighted by atomic mass is 10.0. The standard InChI is InChI=1S/C28H24N8O.C28H23N7O.C27H21N7O2.C27H21N7O/c1-35-9-11-36(12-10-35)28(37)20-7-4-8-23-24(20)32-27(31-23)25-21-13-18(15-30-26(21)34-33-25)22-16-29-14-17-5-2-3-6-19(17)22;36-28(35-11-4-1-5-12-35)20-9-6-10-23-24(20)32-27(31-23)25-21-13-18(15-30-26(21)34-33-25)22-16-29-14-17-7-2-3-8-19(17)22;35-27(34-8-10-36-11-9-34)19-6-3-7-22-23(19)31-26(30-22)24-20-12-17(14-29-25(20)33-32-24)21-15-28-13-16-4-1-2-5-18(16)21;35-27(34-10-3-4-11-34)19-8-5-9-22-23(19)31-26(30-22)24-20-12-17(14-29-25(20)33-32-24)21-15-28-13-16-6-1-2-7-18(16)21/h2-8,13-16H,9-12H2,1H3,(H,31,32)(H,30,33,34);2-3,6-10,13-16H,1,4-5,11-12H2,(H,31,32)(H,30,33,34);1-7,12-15H,8-11H2,(H,30,31)(H,29,32,33);1-2,5-9,12-15H,3-4,10-11H2,(H,30,31)(H,29,32,33). The van der Waals surface area contributed by atoms with E-state index in [2.05, 4.69) is 179 Å². The number of likely N-dealkylation sites (N-methyl/N-ethyl adjacent to an activating group) is 1. The number of piperidine rings is 1. The number of carbonyl (C=O) groups excluding carboxylic acids is 4. The number of H-pyrrole nitrogens is 8. The van der Waals surface area contributed by atoms with E-state index in [9.17, 15) is 19.2 Å². The van der Waals surface area contributed by atoms with Gasteiger partial charge in [0.15, 0.2) is 45.9 Å². The van der Waals surface area contributed by atoms with Crippen molar-refractivity contribution in [2.75, 3.05) is 85.7 Å². The summed E-state index contributed by atoms with van der Waals surface area (Å²) in [5.41, 5.74) is 21.4. The Bertz CT molecular complexity index is 8880. The number of rotatable bonds is 12. The number of nitrogens with one attached hydrogen (secondary N) is 8. The summed E-state index contributed by atoms with van der Waals surface area (Å²) >= 11 is 0. The zero-order valence-corrected chi connectivity index (χ0v) is 77.9. The molecule has 8 aromatic carbocycles. The summed E-state index contributed by atoms with van der Waals surface area (Å²) in [4.78, 5) is 132. The van der Waals surface area contributed by atoms with E-state index in [4.69, 9.17) is 24.7 Å². The van der Waals surface area contributed by atoms with Gasteiger partial charge in [0.05, 0.1) is 79.1 Å². The smallest absolute Gasteiger partial charge is 0.256 e. The van der Waals surface area contributed by atoms with Gasteiger partial charge in [-0.1, -0.05) is 121 Å². The summed E-state index contributed by atoms with van der Waals surface area (Å²) in [7, 11) is 2.08. The number of likely N-dealkylation sites (tertiary alicyclic amines) is 2. The molecule has 0 bridgehead atoms. The van der Waals surface area contributed by atoms with Crippen molar-refractivity contribution in [3.8, 4) is 90.6 Å². The number of aromatic amines is 8.